The molecule has 0 fully saturated rings. The highest BCUT2D eigenvalue weighted by Gasteiger charge is 2.32. The zero-order chi connectivity index (χ0) is 14.8. The van der Waals surface area contributed by atoms with Crippen molar-refractivity contribution in [1.29, 1.82) is 0 Å². The molecule has 106 valence electrons. The monoisotopic (exact) mass is 271 g/mol. The number of aryl methyl sites for hydroxylation is 1. The predicted octanol–water partition coefficient (Wildman–Crippen LogP) is 3.93. The van der Waals surface area contributed by atoms with Crippen molar-refractivity contribution in [1.82, 2.24) is 4.98 Å². The van der Waals surface area contributed by atoms with E-state index in [4.69, 9.17) is 4.74 Å². The number of aromatic nitrogens is 1. The summed E-state index contributed by atoms with van der Waals surface area (Å²) in [5, 5.41) is 0.983. The second-order valence-electron chi connectivity index (χ2n) is 5.21. The van der Waals surface area contributed by atoms with Gasteiger partial charge in [0.15, 0.2) is 5.78 Å². The van der Waals surface area contributed by atoms with Crippen LogP contribution in [0.15, 0.2) is 30.3 Å². The summed E-state index contributed by atoms with van der Waals surface area (Å²) >= 11 is 0. The van der Waals surface area contributed by atoms with Gasteiger partial charge in [-0.3, -0.25) is 9.78 Å². The second-order valence-corrected chi connectivity index (χ2v) is 5.21. The molecule has 2 aromatic rings. The highest BCUT2D eigenvalue weighted by atomic mass is 16.5. The summed E-state index contributed by atoms with van der Waals surface area (Å²) in [6, 6.07) is 9.59. The lowest BCUT2D eigenvalue weighted by atomic mass is 9.91. The number of hydrogen-bond donors (Lipinski definition) is 0. The summed E-state index contributed by atoms with van der Waals surface area (Å²) in [5.74, 6) is 0.0318. The Labute approximate surface area is 120 Å². The molecular weight excluding hydrogens is 250 g/mol. The first-order chi connectivity index (χ1) is 9.50. The highest BCUT2D eigenvalue weighted by molar-refractivity contribution is 6.04. The summed E-state index contributed by atoms with van der Waals surface area (Å²) in [6.07, 6.45) is 0.657. The molecule has 1 aromatic carbocycles. The first kappa shape index (κ1) is 14.7. The molecule has 3 heteroatoms. The first-order valence-electron chi connectivity index (χ1n) is 7.06. The largest absolute Gasteiger partial charge is 0.367 e. The van der Waals surface area contributed by atoms with Crippen molar-refractivity contribution in [2.75, 3.05) is 6.61 Å². The van der Waals surface area contributed by atoms with E-state index in [9.17, 15) is 4.79 Å². The molecule has 0 saturated heterocycles. The fraction of sp³-hybridized carbons (Fsp3) is 0.412. The predicted molar refractivity (Wildman–Crippen MR) is 81.1 cm³/mol. The van der Waals surface area contributed by atoms with Crippen LogP contribution in [-0.2, 0) is 4.74 Å². The maximum Gasteiger partial charge on any atom is 0.194 e. The SMILES string of the molecule is CCOC(C)(CC)C(=O)c1ccc2nc(C)ccc2c1. The lowest BCUT2D eigenvalue weighted by Crippen LogP contribution is -2.37. The summed E-state index contributed by atoms with van der Waals surface area (Å²) in [7, 11) is 0. The number of ketones is 1. The number of rotatable bonds is 5. The van der Waals surface area contributed by atoms with Crippen LogP contribution >= 0.6 is 0 Å². The minimum atomic E-state index is -0.749. The fourth-order valence-corrected chi connectivity index (χ4v) is 2.32. The number of fused-ring (bicyclic) bond motifs is 1. The molecule has 1 atom stereocenters. The zero-order valence-corrected chi connectivity index (χ0v) is 12.6. The number of carbonyl (C=O) groups is 1. The van der Waals surface area contributed by atoms with E-state index in [1.165, 1.54) is 0 Å². The molecule has 0 saturated carbocycles. The number of carbonyl (C=O) groups excluding carboxylic acids is 1. The van der Waals surface area contributed by atoms with Crippen molar-refractivity contribution in [3.63, 3.8) is 0 Å². The van der Waals surface area contributed by atoms with Crippen LogP contribution in [0.3, 0.4) is 0 Å². The maximum atomic E-state index is 12.7. The molecule has 0 radical (unpaired) electrons. The van der Waals surface area contributed by atoms with Gasteiger partial charge in [-0.1, -0.05) is 13.0 Å². The molecule has 0 spiro atoms. The lowest BCUT2D eigenvalue weighted by molar-refractivity contribution is -0.0115. The minimum absolute atomic E-state index is 0.0318. The molecule has 1 unspecified atom stereocenters. The Kier molecular flexibility index (Phi) is 4.19. The Morgan fingerprint density at radius 1 is 1.25 bits per heavy atom. The van der Waals surface area contributed by atoms with Gasteiger partial charge in [0.25, 0.3) is 0 Å². The van der Waals surface area contributed by atoms with Crippen molar-refractivity contribution in [2.24, 2.45) is 0 Å². The van der Waals surface area contributed by atoms with E-state index < -0.39 is 5.60 Å². The molecule has 0 bridgehead atoms. The number of pyridine rings is 1. The number of Topliss-reactive ketones (excluding diaryl/α,β-unsaturated/α-hetero) is 1. The van der Waals surface area contributed by atoms with Gasteiger partial charge in [-0.2, -0.15) is 0 Å². The van der Waals surface area contributed by atoms with Crippen LogP contribution in [0.4, 0.5) is 0 Å². The first-order valence-corrected chi connectivity index (χ1v) is 7.06. The molecule has 0 N–H and O–H groups in total. The Hall–Kier alpha value is -1.74. The molecule has 2 rings (SSSR count). The van der Waals surface area contributed by atoms with Gasteiger partial charge in [-0.25, -0.2) is 0 Å². The minimum Gasteiger partial charge on any atom is -0.367 e. The summed E-state index contributed by atoms with van der Waals surface area (Å²) in [5.41, 5.74) is 1.82. The van der Waals surface area contributed by atoms with Gasteiger partial charge >= 0.3 is 0 Å². The van der Waals surface area contributed by atoms with Gasteiger partial charge in [0.05, 0.1) is 5.52 Å². The molecule has 1 heterocycles. The van der Waals surface area contributed by atoms with E-state index >= 15 is 0 Å². The van der Waals surface area contributed by atoms with Crippen LogP contribution in [0.25, 0.3) is 10.9 Å². The third kappa shape index (κ3) is 2.73. The molecule has 0 aliphatic carbocycles. The van der Waals surface area contributed by atoms with Gasteiger partial charge in [0, 0.05) is 23.3 Å². The topological polar surface area (TPSA) is 39.2 Å². The third-order valence-electron chi connectivity index (χ3n) is 3.71. The summed E-state index contributed by atoms with van der Waals surface area (Å²) in [4.78, 5) is 17.1. The van der Waals surface area contributed by atoms with Crippen molar-refractivity contribution in [3.8, 4) is 0 Å². The molecule has 0 aliphatic rings. The molecule has 3 nitrogen and oxygen atoms in total. The van der Waals surface area contributed by atoms with Crippen molar-refractivity contribution >= 4 is 16.7 Å². The van der Waals surface area contributed by atoms with Crippen molar-refractivity contribution in [2.45, 2.75) is 39.7 Å². The van der Waals surface area contributed by atoms with E-state index in [0.717, 1.165) is 16.6 Å². The number of nitrogens with zero attached hydrogens (tertiary/aromatic N) is 1. The number of ether oxygens (including phenoxy) is 1. The molecule has 0 aliphatic heterocycles. The molecule has 0 amide bonds. The standard InChI is InChI=1S/C17H21NO2/c1-5-17(4,20-6-2)16(19)14-9-10-15-13(11-14)8-7-12(3)18-15/h7-11H,5-6H2,1-4H3. The Bertz CT molecular complexity index is 636. The Balaban J connectivity index is 2.42. The zero-order valence-electron chi connectivity index (χ0n) is 12.6. The van der Waals surface area contributed by atoms with Gasteiger partial charge in [-0.15, -0.1) is 0 Å². The van der Waals surface area contributed by atoms with E-state index in [1.807, 2.05) is 58.0 Å². The van der Waals surface area contributed by atoms with Gasteiger partial charge in [-0.05, 0) is 51.5 Å². The van der Waals surface area contributed by atoms with Crippen LogP contribution in [0.1, 0.15) is 43.2 Å². The number of benzene rings is 1. The van der Waals surface area contributed by atoms with Gasteiger partial charge < -0.3 is 4.74 Å². The average molecular weight is 271 g/mol. The van der Waals surface area contributed by atoms with Crippen LogP contribution in [0, 0.1) is 6.92 Å². The van der Waals surface area contributed by atoms with Gasteiger partial charge in [0.2, 0.25) is 0 Å². The van der Waals surface area contributed by atoms with E-state index in [0.29, 0.717) is 18.6 Å². The Morgan fingerprint density at radius 3 is 2.65 bits per heavy atom. The van der Waals surface area contributed by atoms with Crippen molar-refractivity contribution < 1.29 is 9.53 Å². The van der Waals surface area contributed by atoms with Crippen LogP contribution < -0.4 is 0 Å². The van der Waals surface area contributed by atoms with Crippen LogP contribution in [0.2, 0.25) is 0 Å². The highest BCUT2D eigenvalue weighted by Crippen LogP contribution is 2.24. The van der Waals surface area contributed by atoms with Gasteiger partial charge in [0.1, 0.15) is 5.60 Å². The maximum absolute atomic E-state index is 12.7. The summed E-state index contributed by atoms with van der Waals surface area (Å²) < 4.78 is 5.66. The van der Waals surface area contributed by atoms with Crippen LogP contribution in [0.5, 0.6) is 0 Å². The molecular formula is C17H21NO2. The number of hydrogen-bond acceptors (Lipinski definition) is 3. The van der Waals surface area contributed by atoms with E-state index in [-0.39, 0.29) is 5.78 Å². The normalized spacial score (nSPS) is 14.2. The lowest BCUT2D eigenvalue weighted by Gasteiger charge is -2.26. The Morgan fingerprint density at radius 2 is 2.00 bits per heavy atom. The van der Waals surface area contributed by atoms with Crippen molar-refractivity contribution in [3.05, 3.63) is 41.6 Å². The summed E-state index contributed by atoms with van der Waals surface area (Å²) in [6.45, 7) is 8.23. The van der Waals surface area contributed by atoms with E-state index in [1.54, 1.807) is 0 Å². The average Bonchev–Trinajstić information content (AvgIpc) is 2.46. The third-order valence-corrected chi connectivity index (χ3v) is 3.71. The van der Waals surface area contributed by atoms with E-state index in [2.05, 4.69) is 4.98 Å². The second kappa shape index (κ2) is 5.71. The molecule has 20 heavy (non-hydrogen) atoms. The smallest absolute Gasteiger partial charge is 0.194 e. The van der Waals surface area contributed by atoms with Crippen LogP contribution in [-0.4, -0.2) is 23.0 Å². The quantitative estimate of drug-likeness (QED) is 0.773. The fourth-order valence-electron chi connectivity index (χ4n) is 2.32. The molecule has 1 aromatic heterocycles.